The van der Waals surface area contributed by atoms with Gasteiger partial charge in [-0.05, 0) is 42.5 Å². The minimum absolute atomic E-state index is 0.639. The zero-order valence-corrected chi connectivity index (χ0v) is 9.76. The summed E-state index contributed by atoms with van der Waals surface area (Å²) in [5.74, 6) is 0. The molecular weight excluding hydrogens is 224 g/mol. The lowest BCUT2D eigenvalue weighted by atomic mass is 10.1. The van der Waals surface area contributed by atoms with Crippen molar-refractivity contribution in [2.45, 2.75) is 19.3 Å². The second kappa shape index (κ2) is 3.46. The van der Waals surface area contributed by atoms with Crippen LogP contribution < -0.4 is 4.72 Å². The number of benzene rings is 1. The highest BCUT2D eigenvalue weighted by molar-refractivity contribution is 7.90. The minimum atomic E-state index is -3.27. The van der Waals surface area contributed by atoms with E-state index in [1.165, 1.54) is 21.9 Å². The van der Waals surface area contributed by atoms with E-state index in [9.17, 15) is 8.42 Å². The summed E-state index contributed by atoms with van der Waals surface area (Å²) in [6.45, 7) is 1.28. The maximum atomic E-state index is 11.7. The summed E-state index contributed by atoms with van der Waals surface area (Å²) in [5.41, 5.74) is 3.33. The number of hydrogen-bond donors (Lipinski definition) is 1. The zero-order valence-electron chi connectivity index (χ0n) is 8.94. The van der Waals surface area contributed by atoms with Crippen molar-refractivity contribution < 1.29 is 8.42 Å². The Morgan fingerprint density at radius 2 is 1.88 bits per heavy atom. The Bertz CT molecular complexity index is 521. The predicted octanol–water partition coefficient (Wildman–Crippen LogP) is 1.15. The first-order chi connectivity index (χ1) is 7.65. The molecule has 16 heavy (non-hydrogen) atoms. The molecule has 3 rings (SSSR count). The molecule has 1 saturated heterocycles. The van der Waals surface area contributed by atoms with Crippen LogP contribution in [0.3, 0.4) is 0 Å². The van der Waals surface area contributed by atoms with Gasteiger partial charge in [-0.1, -0.05) is 6.07 Å². The van der Waals surface area contributed by atoms with Gasteiger partial charge in [-0.2, -0.15) is 12.7 Å². The normalized spacial score (nSPS) is 19.5. The third kappa shape index (κ3) is 1.81. The summed E-state index contributed by atoms with van der Waals surface area (Å²) < 4.78 is 27.4. The third-order valence-electron chi connectivity index (χ3n) is 3.09. The molecule has 0 aromatic heterocycles. The summed E-state index contributed by atoms with van der Waals surface area (Å²) in [7, 11) is -3.27. The SMILES string of the molecule is O=S(=O)(Nc1ccc2c(c1)CCC2)N1CC1. The van der Waals surface area contributed by atoms with E-state index in [1.807, 2.05) is 18.2 Å². The van der Waals surface area contributed by atoms with Gasteiger partial charge in [0.1, 0.15) is 0 Å². The van der Waals surface area contributed by atoms with Gasteiger partial charge in [-0.15, -0.1) is 0 Å². The first-order valence-corrected chi connectivity index (χ1v) is 6.99. The van der Waals surface area contributed by atoms with E-state index < -0.39 is 10.2 Å². The molecule has 1 N–H and O–H groups in total. The molecule has 86 valence electrons. The van der Waals surface area contributed by atoms with Gasteiger partial charge in [-0.3, -0.25) is 4.72 Å². The van der Waals surface area contributed by atoms with Gasteiger partial charge in [-0.25, -0.2) is 0 Å². The Morgan fingerprint density at radius 3 is 2.62 bits per heavy atom. The number of fused-ring (bicyclic) bond motifs is 1. The summed E-state index contributed by atoms with van der Waals surface area (Å²) >= 11 is 0. The highest BCUT2D eigenvalue weighted by Gasteiger charge is 2.31. The van der Waals surface area contributed by atoms with Crippen molar-refractivity contribution in [1.82, 2.24) is 4.31 Å². The number of anilines is 1. The highest BCUT2D eigenvalue weighted by atomic mass is 32.2. The average molecular weight is 238 g/mol. The van der Waals surface area contributed by atoms with E-state index in [0.717, 1.165) is 12.8 Å². The zero-order chi connectivity index (χ0) is 11.2. The quantitative estimate of drug-likeness (QED) is 0.803. The summed E-state index contributed by atoms with van der Waals surface area (Å²) in [6.07, 6.45) is 3.36. The van der Waals surface area contributed by atoms with Crippen LogP contribution >= 0.6 is 0 Å². The Morgan fingerprint density at radius 1 is 1.12 bits per heavy atom. The molecule has 0 radical (unpaired) electrons. The monoisotopic (exact) mass is 238 g/mol. The van der Waals surface area contributed by atoms with Gasteiger partial charge in [0.05, 0.1) is 5.69 Å². The maximum absolute atomic E-state index is 11.7. The molecule has 2 aliphatic rings. The fraction of sp³-hybridized carbons (Fsp3) is 0.455. The first-order valence-electron chi connectivity index (χ1n) is 5.55. The Labute approximate surface area is 95.5 Å². The molecule has 0 atom stereocenters. The van der Waals surface area contributed by atoms with Crippen LogP contribution in [0.1, 0.15) is 17.5 Å². The summed E-state index contributed by atoms with van der Waals surface area (Å²) in [5, 5.41) is 0. The fourth-order valence-corrected chi connectivity index (χ4v) is 3.25. The standard InChI is InChI=1S/C11H14N2O2S/c14-16(15,13-6-7-13)12-11-5-4-9-2-1-3-10(9)8-11/h4-5,8,12H,1-3,6-7H2. The lowest BCUT2D eigenvalue weighted by Crippen LogP contribution is -2.20. The largest absolute Gasteiger partial charge is 0.301 e. The van der Waals surface area contributed by atoms with Crippen molar-refractivity contribution in [3.05, 3.63) is 29.3 Å². The van der Waals surface area contributed by atoms with Crippen LogP contribution in [0.15, 0.2) is 18.2 Å². The molecule has 1 aliphatic carbocycles. The smallest absolute Gasteiger partial charge is 0.271 e. The molecule has 0 unspecified atom stereocenters. The van der Waals surface area contributed by atoms with Crippen LogP contribution in [-0.4, -0.2) is 25.8 Å². The van der Waals surface area contributed by atoms with Crippen molar-refractivity contribution in [3.63, 3.8) is 0 Å². The molecule has 0 saturated carbocycles. The van der Waals surface area contributed by atoms with Crippen molar-refractivity contribution in [2.75, 3.05) is 17.8 Å². The lowest BCUT2D eigenvalue weighted by Gasteiger charge is -2.09. The van der Waals surface area contributed by atoms with Crippen LogP contribution in [0.4, 0.5) is 5.69 Å². The Hall–Kier alpha value is -1.07. The maximum Gasteiger partial charge on any atom is 0.301 e. The molecule has 1 aliphatic heterocycles. The van der Waals surface area contributed by atoms with Crippen LogP contribution in [0.5, 0.6) is 0 Å². The Balaban J connectivity index is 1.85. The summed E-state index contributed by atoms with van der Waals surface area (Å²) in [6, 6.07) is 5.84. The van der Waals surface area contributed by atoms with E-state index >= 15 is 0 Å². The van der Waals surface area contributed by atoms with E-state index in [-0.39, 0.29) is 0 Å². The van der Waals surface area contributed by atoms with E-state index in [1.54, 1.807) is 0 Å². The number of aryl methyl sites for hydroxylation is 2. The van der Waals surface area contributed by atoms with Crippen molar-refractivity contribution in [1.29, 1.82) is 0 Å². The lowest BCUT2D eigenvalue weighted by molar-refractivity contribution is 0.569. The topological polar surface area (TPSA) is 49.2 Å². The van der Waals surface area contributed by atoms with Gasteiger partial charge in [0.25, 0.3) is 0 Å². The summed E-state index contributed by atoms with van der Waals surface area (Å²) in [4.78, 5) is 0. The second-order valence-corrected chi connectivity index (χ2v) is 6.01. The minimum Gasteiger partial charge on any atom is -0.271 e. The molecule has 1 heterocycles. The van der Waals surface area contributed by atoms with Gasteiger partial charge < -0.3 is 0 Å². The second-order valence-electron chi connectivity index (χ2n) is 4.34. The molecule has 4 nitrogen and oxygen atoms in total. The van der Waals surface area contributed by atoms with Crippen molar-refractivity contribution in [2.24, 2.45) is 0 Å². The van der Waals surface area contributed by atoms with Crippen molar-refractivity contribution in [3.8, 4) is 0 Å². The van der Waals surface area contributed by atoms with Gasteiger partial charge in [0.15, 0.2) is 0 Å². The average Bonchev–Trinajstić information content (AvgIpc) is 2.99. The van der Waals surface area contributed by atoms with Gasteiger partial charge >= 0.3 is 10.2 Å². The molecule has 1 aromatic rings. The van der Waals surface area contributed by atoms with Gasteiger partial charge in [0.2, 0.25) is 0 Å². The Kier molecular flexibility index (Phi) is 2.19. The van der Waals surface area contributed by atoms with Gasteiger partial charge in [0, 0.05) is 13.1 Å². The highest BCUT2D eigenvalue weighted by Crippen LogP contribution is 2.26. The van der Waals surface area contributed by atoms with Crippen LogP contribution in [0.25, 0.3) is 0 Å². The molecule has 0 bridgehead atoms. The first kappa shape index (κ1) is 10.1. The fourth-order valence-electron chi connectivity index (χ4n) is 2.13. The molecule has 1 aromatic carbocycles. The number of rotatable bonds is 3. The molecule has 1 fully saturated rings. The molecular formula is C11H14N2O2S. The van der Waals surface area contributed by atoms with E-state index in [2.05, 4.69) is 4.72 Å². The molecule has 0 spiro atoms. The van der Waals surface area contributed by atoms with E-state index in [0.29, 0.717) is 18.8 Å². The number of hydrogen-bond acceptors (Lipinski definition) is 2. The van der Waals surface area contributed by atoms with Crippen LogP contribution in [0, 0.1) is 0 Å². The predicted molar refractivity (Wildman–Crippen MR) is 62.6 cm³/mol. The van der Waals surface area contributed by atoms with Crippen LogP contribution in [-0.2, 0) is 23.1 Å². The van der Waals surface area contributed by atoms with Crippen LogP contribution in [0.2, 0.25) is 0 Å². The molecule has 5 heteroatoms. The third-order valence-corrected chi connectivity index (χ3v) is 4.63. The number of nitrogens with one attached hydrogen (secondary N) is 1. The number of nitrogens with zero attached hydrogens (tertiary/aromatic N) is 1. The van der Waals surface area contributed by atoms with E-state index in [4.69, 9.17) is 0 Å². The molecule has 0 amide bonds. The van der Waals surface area contributed by atoms with Crippen molar-refractivity contribution >= 4 is 15.9 Å².